The summed E-state index contributed by atoms with van der Waals surface area (Å²) >= 11 is 0. The van der Waals surface area contributed by atoms with Crippen LogP contribution in [0.4, 0.5) is 4.39 Å². The molecule has 1 N–H and O–H groups in total. The number of rotatable bonds is 1. The minimum atomic E-state index is -0.702. The summed E-state index contributed by atoms with van der Waals surface area (Å²) in [6.45, 7) is 0. The Labute approximate surface area is 121 Å². The van der Waals surface area contributed by atoms with Crippen molar-refractivity contribution in [1.29, 1.82) is 0 Å². The van der Waals surface area contributed by atoms with Crippen LogP contribution in [0.1, 0.15) is 11.6 Å². The molecule has 3 aliphatic rings. The number of aliphatic imine (C=N–C) groups is 1. The van der Waals surface area contributed by atoms with Gasteiger partial charge in [0, 0.05) is 5.56 Å². The third-order valence-electron chi connectivity index (χ3n) is 3.84. The lowest BCUT2D eigenvalue weighted by molar-refractivity contribution is -0.128. The molecule has 0 spiro atoms. The molecule has 5 heteroatoms. The first-order valence-corrected chi connectivity index (χ1v) is 6.72. The molecule has 2 heterocycles. The summed E-state index contributed by atoms with van der Waals surface area (Å²) in [6, 6.07) is 5.41. The van der Waals surface area contributed by atoms with Gasteiger partial charge in [0.05, 0.1) is 18.0 Å². The number of allylic oxidation sites excluding steroid dienone is 2. The number of halogens is 1. The van der Waals surface area contributed by atoms with Gasteiger partial charge in [-0.2, -0.15) is 0 Å². The van der Waals surface area contributed by atoms with E-state index in [9.17, 15) is 9.18 Å². The first-order valence-electron chi connectivity index (χ1n) is 6.72. The lowest BCUT2D eigenvalue weighted by Crippen LogP contribution is -2.42. The molecule has 2 unspecified atom stereocenters. The summed E-state index contributed by atoms with van der Waals surface area (Å²) in [4.78, 5) is 18.7. The molecule has 1 amide bonds. The van der Waals surface area contributed by atoms with Gasteiger partial charge in [0.2, 0.25) is 0 Å². The van der Waals surface area contributed by atoms with Gasteiger partial charge in [-0.1, -0.05) is 36.4 Å². The Morgan fingerprint density at radius 2 is 2.10 bits per heavy atom. The van der Waals surface area contributed by atoms with E-state index in [1.54, 1.807) is 29.3 Å². The Morgan fingerprint density at radius 3 is 2.95 bits per heavy atom. The highest BCUT2D eigenvalue weighted by Gasteiger charge is 2.43. The molecule has 0 bridgehead atoms. The van der Waals surface area contributed by atoms with Crippen LogP contribution in [0.5, 0.6) is 0 Å². The summed E-state index contributed by atoms with van der Waals surface area (Å²) in [5, 5.41) is 3.07. The van der Waals surface area contributed by atoms with Gasteiger partial charge in [0.1, 0.15) is 17.7 Å². The molecule has 2 atom stereocenters. The monoisotopic (exact) mass is 281 g/mol. The topological polar surface area (TPSA) is 44.7 Å². The normalized spacial score (nSPS) is 26.0. The fourth-order valence-electron chi connectivity index (χ4n) is 2.84. The standard InChI is InChI=1S/C16H12FN3O/c17-11-6-2-1-5-10(11)15-16(21)20-13-8-4-3-7-12(13)18-9-14(20)19-15/h1-9,13,15,19H. The molecule has 1 saturated heterocycles. The Morgan fingerprint density at radius 1 is 1.24 bits per heavy atom. The third kappa shape index (κ3) is 1.74. The first-order chi connectivity index (χ1) is 10.3. The maximum absolute atomic E-state index is 13.9. The van der Waals surface area contributed by atoms with E-state index in [1.165, 1.54) is 6.07 Å². The zero-order valence-corrected chi connectivity index (χ0v) is 11.0. The average Bonchev–Trinajstić information content (AvgIpc) is 2.85. The minimum Gasteiger partial charge on any atom is -0.355 e. The Balaban J connectivity index is 1.73. The van der Waals surface area contributed by atoms with Gasteiger partial charge < -0.3 is 5.32 Å². The largest absolute Gasteiger partial charge is 0.355 e. The zero-order valence-electron chi connectivity index (χ0n) is 11.0. The second-order valence-electron chi connectivity index (χ2n) is 5.06. The maximum atomic E-state index is 13.9. The van der Waals surface area contributed by atoms with Crippen molar-refractivity contribution in [2.75, 3.05) is 0 Å². The summed E-state index contributed by atoms with van der Waals surface area (Å²) in [7, 11) is 0. The van der Waals surface area contributed by atoms with Crippen LogP contribution in [-0.4, -0.2) is 22.6 Å². The van der Waals surface area contributed by atoms with Crippen LogP contribution in [0.25, 0.3) is 0 Å². The molecule has 0 radical (unpaired) electrons. The summed E-state index contributed by atoms with van der Waals surface area (Å²) in [6.07, 6.45) is 9.18. The van der Waals surface area contributed by atoms with Crippen LogP contribution in [0.3, 0.4) is 0 Å². The summed E-state index contributed by atoms with van der Waals surface area (Å²) in [5.74, 6) is 0.0645. The minimum absolute atomic E-state index is 0.163. The molecule has 4 rings (SSSR count). The fraction of sp³-hybridized carbons (Fsp3) is 0.125. The molecule has 1 fully saturated rings. The Kier molecular flexibility index (Phi) is 2.54. The molecule has 2 aliphatic heterocycles. The van der Waals surface area contributed by atoms with Crippen LogP contribution in [0.15, 0.2) is 65.6 Å². The van der Waals surface area contributed by atoms with Crippen LogP contribution < -0.4 is 5.32 Å². The van der Waals surface area contributed by atoms with Gasteiger partial charge in [-0.25, -0.2) is 4.39 Å². The van der Waals surface area contributed by atoms with Crippen molar-refractivity contribution in [3.63, 3.8) is 0 Å². The van der Waals surface area contributed by atoms with Gasteiger partial charge in [0.25, 0.3) is 5.91 Å². The van der Waals surface area contributed by atoms with E-state index in [0.717, 1.165) is 5.71 Å². The molecule has 1 aliphatic carbocycles. The Bertz CT molecular complexity index is 748. The van der Waals surface area contributed by atoms with Crippen molar-refractivity contribution in [3.05, 3.63) is 72.0 Å². The molecule has 104 valence electrons. The zero-order chi connectivity index (χ0) is 14.4. The third-order valence-corrected chi connectivity index (χ3v) is 3.84. The second kappa shape index (κ2) is 4.41. The van der Waals surface area contributed by atoms with Crippen LogP contribution in [0, 0.1) is 5.82 Å². The molecule has 0 aromatic heterocycles. The van der Waals surface area contributed by atoms with Crippen molar-refractivity contribution in [3.8, 4) is 0 Å². The highest BCUT2D eigenvalue weighted by Crippen LogP contribution is 2.32. The average molecular weight is 281 g/mol. The van der Waals surface area contributed by atoms with Crippen molar-refractivity contribution >= 4 is 11.6 Å². The molecular formula is C16H12FN3O. The van der Waals surface area contributed by atoms with Crippen molar-refractivity contribution in [1.82, 2.24) is 10.2 Å². The van der Waals surface area contributed by atoms with Crippen molar-refractivity contribution in [2.24, 2.45) is 4.99 Å². The van der Waals surface area contributed by atoms with Gasteiger partial charge in [0.15, 0.2) is 0 Å². The van der Waals surface area contributed by atoms with E-state index in [4.69, 9.17) is 0 Å². The molecule has 1 aromatic rings. The lowest BCUT2D eigenvalue weighted by atomic mass is 10.0. The fourth-order valence-corrected chi connectivity index (χ4v) is 2.84. The van der Waals surface area contributed by atoms with Gasteiger partial charge in [-0.3, -0.25) is 14.7 Å². The number of fused-ring (bicyclic) bond motifs is 3. The predicted molar refractivity (Wildman–Crippen MR) is 76.7 cm³/mol. The van der Waals surface area contributed by atoms with E-state index in [0.29, 0.717) is 11.4 Å². The summed E-state index contributed by atoms with van der Waals surface area (Å²) in [5.41, 5.74) is 1.17. The van der Waals surface area contributed by atoms with Crippen molar-refractivity contribution in [2.45, 2.75) is 12.1 Å². The predicted octanol–water partition coefficient (Wildman–Crippen LogP) is 2.05. The van der Waals surface area contributed by atoms with Gasteiger partial charge in [-0.15, -0.1) is 0 Å². The molecular weight excluding hydrogens is 269 g/mol. The van der Waals surface area contributed by atoms with Gasteiger partial charge >= 0.3 is 0 Å². The lowest BCUT2D eigenvalue weighted by Gasteiger charge is -2.29. The second-order valence-corrected chi connectivity index (χ2v) is 5.06. The van der Waals surface area contributed by atoms with E-state index in [1.807, 2.05) is 24.3 Å². The number of carbonyl (C=O) groups excluding carboxylic acids is 1. The van der Waals surface area contributed by atoms with Gasteiger partial charge in [-0.05, 0) is 12.1 Å². The summed E-state index contributed by atoms with van der Waals surface area (Å²) < 4.78 is 13.9. The number of hydrogen-bond donors (Lipinski definition) is 1. The van der Waals surface area contributed by atoms with E-state index in [2.05, 4.69) is 10.3 Å². The quantitative estimate of drug-likeness (QED) is 0.856. The number of nitrogens with one attached hydrogen (secondary N) is 1. The highest BCUT2D eigenvalue weighted by atomic mass is 19.1. The van der Waals surface area contributed by atoms with E-state index < -0.39 is 6.04 Å². The molecule has 4 nitrogen and oxygen atoms in total. The number of carbonyl (C=O) groups is 1. The molecule has 21 heavy (non-hydrogen) atoms. The molecule has 1 aromatic carbocycles. The van der Waals surface area contributed by atoms with E-state index >= 15 is 0 Å². The van der Waals surface area contributed by atoms with E-state index in [-0.39, 0.29) is 17.8 Å². The van der Waals surface area contributed by atoms with Crippen molar-refractivity contribution < 1.29 is 9.18 Å². The van der Waals surface area contributed by atoms with Crippen LogP contribution >= 0.6 is 0 Å². The number of benzene rings is 1. The number of hydrogen-bond acceptors (Lipinski definition) is 3. The first kappa shape index (κ1) is 12.1. The number of nitrogens with zero attached hydrogens (tertiary/aromatic N) is 2. The maximum Gasteiger partial charge on any atom is 0.256 e. The SMILES string of the molecule is O=C1C(c2ccccc2F)NC2=CN=C3C=CC=CC3N12. The number of amides is 1. The smallest absolute Gasteiger partial charge is 0.256 e. The Hall–Kier alpha value is -2.69. The molecule has 0 saturated carbocycles. The van der Waals surface area contributed by atoms with Crippen LogP contribution in [0.2, 0.25) is 0 Å². The highest BCUT2D eigenvalue weighted by molar-refractivity contribution is 6.06. The van der Waals surface area contributed by atoms with Crippen LogP contribution in [-0.2, 0) is 4.79 Å².